The van der Waals surface area contributed by atoms with Crippen LogP contribution in [-0.2, 0) is 4.79 Å². The molecule has 0 saturated heterocycles. The summed E-state index contributed by atoms with van der Waals surface area (Å²) in [6.45, 7) is 4.61. The largest absolute Gasteiger partial charge is 0.353 e. The molecule has 6 unspecified atom stereocenters. The average Bonchev–Trinajstić information content (AvgIpc) is 2.99. The van der Waals surface area contributed by atoms with Gasteiger partial charge in [0, 0.05) is 12.1 Å². The molecule has 3 aliphatic rings. The van der Waals surface area contributed by atoms with Crippen molar-refractivity contribution in [3.63, 3.8) is 0 Å². The second-order valence-electron chi connectivity index (χ2n) is 7.81. The highest BCUT2D eigenvalue weighted by atomic mass is 16.2. The first-order chi connectivity index (χ1) is 9.56. The summed E-state index contributed by atoms with van der Waals surface area (Å²) < 4.78 is 0. The quantitative estimate of drug-likeness (QED) is 0.834. The normalized spacial score (nSPS) is 44.0. The van der Waals surface area contributed by atoms with E-state index in [0.29, 0.717) is 17.9 Å². The van der Waals surface area contributed by atoms with Crippen LogP contribution in [0.2, 0.25) is 0 Å². The first kappa shape index (κ1) is 14.4. The van der Waals surface area contributed by atoms with E-state index in [9.17, 15) is 4.79 Å². The minimum atomic E-state index is 0.105. The smallest absolute Gasteiger partial charge is 0.225 e. The second-order valence-corrected chi connectivity index (χ2v) is 7.81. The Bertz CT molecular complexity index is 366. The molecule has 0 aliphatic heterocycles. The van der Waals surface area contributed by atoms with Gasteiger partial charge < -0.3 is 11.1 Å². The fourth-order valence-electron chi connectivity index (χ4n) is 4.99. The fourth-order valence-corrected chi connectivity index (χ4v) is 4.99. The third-order valence-electron chi connectivity index (χ3n) is 6.29. The van der Waals surface area contributed by atoms with Crippen LogP contribution in [0, 0.1) is 29.6 Å². The summed E-state index contributed by atoms with van der Waals surface area (Å²) >= 11 is 0. The van der Waals surface area contributed by atoms with Crippen molar-refractivity contribution >= 4 is 5.91 Å². The summed E-state index contributed by atoms with van der Waals surface area (Å²) in [7, 11) is 0. The Morgan fingerprint density at radius 2 is 1.85 bits per heavy atom. The molecule has 114 valence electrons. The van der Waals surface area contributed by atoms with Gasteiger partial charge in [0.15, 0.2) is 0 Å². The van der Waals surface area contributed by atoms with Crippen LogP contribution in [0.15, 0.2) is 0 Å². The van der Waals surface area contributed by atoms with Crippen LogP contribution in [0.1, 0.15) is 58.8 Å². The summed E-state index contributed by atoms with van der Waals surface area (Å²) in [5.41, 5.74) is 6.28. The molecule has 3 saturated carbocycles. The van der Waals surface area contributed by atoms with Gasteiger partial charge in [-0.15, -0.1) is 0 Å². The van der Waals surface area contributed by atoms with E-state index in [2.05, 4.69) is 19.2 Å². The van der Waals surface area contributed by atoms with Gasteiger partial charge in [-0.2, -0.15) is 0 Å². The van der Waals surface area contributed by atoms with E-state index in [4.69, 9.17) is 5.73 Å². The third kappa shape index (κ3) is 2.61. The van der Waals surface area contributed by atoms with Crippen LogP contribution in [0.25, 0.3) is 0 Å². The van der Waals surface area contributed by atoms with E-state index < -0.39 is 0 Å². The average molecular weight is 278 g/mol. The molecule has 3 N–H and O–H groups in total. The maximum Gasteiger partial charge on any atom is 0.225 e. The Labute approximate surface area is 123 Å². The number of fused-ring (bicyclic) bond motifs is 2. The molecule has 3 rings (SSSR count). The Balaban J connectivity index is 1.56. The van der Waals surface area contributed by atoms with Crippen LogP contribution in [0.5, 0.6) is 0 Å². The van der Waals surface area contributed by atoms with Gasteiger partial charge in [0.1, 0.15) is 0 Å². The van der Waals surface area contributed by atoms with Gasteiger partial charge in [-0.3, -0.25) is 4.79 Å². The number of nitrogens with two attached hydrogens (primary N) is 1. The predicted octanol–water partition coefficient (Wildman–Crippen LogP) is 2.69. The van der Waals surface area contributed by atoms with Crippen molar-refractivity contribution in [1.29, 1.82) is 0 Å². The molecule has 6 atom stereocenters. The summed E-state index contributed by atoms with van der Waals surface area (Å²) in [4.78, 5) is 12.6. The summed E-state index contributed by atoms with van der Waals surface area (Å²) in [5.74, 6) is 3.07. The summed E-state index contributed by atoms with van der Waals surface area (Å²) in [6.07, 6.45) is 8.57. The zero-order valence-electron chi connectivity index (χ0n) is 13.0. The molecule has 0 aromatic carbocycles. The minimum Gasteiger partial charge on any atom is -0.353 e. The number of amides is 1. The zero-order valence-corrected chi connectivity index (χ0v) is 13.0. The third-order valence-corrected chi connectivity index (χ3v) is 6.29. The molecule has 20 heavy (non-hydrogen) atoms. The van der Waals surface area contributed by atoms with Crippen molar-refractivity contribution in [2.45, 2.75) is 70.9 Å². The van der Waals surface area contributed by atoms with Crippen molar-refractivity contribution in [3.8, 4) is 0 Å². The number of hydrogen-bond donors (Lipinski definition) is 2. The molecule has 3 heteroatoms. The first-order valence-corrected chi connectivity index (χ1v) is 8.62. The number of nitrogens with one attached hydrogen (secondary N) is 1. The van der Waals surface area contributed by atoms with Crippen LogP contribution in [0.4, 0.5) is 0 Å². The van der Waals surface area contributed by atoms with Gasteiger partial charge in [0.25, 0.3) is 0 Å². The molecule has 0 radical (unpaired) electrons. The molecule has 1 amide bonds. The van der Waals surface area contributed by atoms with Gasteiger partial charge in [0.2, 0.25) is 5.91 Å². The lowest BCUT2D eigenvalue weighted by atomic mass is 9.78. The van der Waals surface area contributed by atoms with Crippen molar-refractivity contribution < 1.29 is 4.79 Å². The standard InChI is InChI=1S/C17H30N2O/c1-10(2)11-4-3-5-14(9-11)19-17(20)15-12-6-7-13(8-12)16(15)18/h10-16H,3-9,18H2,1-2H3,(H,19,20). The molecule has 0 heterocycles. The maximum atomic E-state index is 12.6. The maximum absolute atomic E-state index is 12.6. The van der Waals surface area contributed by atoms with Crippen LogP contribution in [0.3, 0.4) is 0 Å². The molecule has 3 nitrogen and oxygen atoms in total. The summed E-state index contributed by atoms with van der Waals surface area (Å²) in [5, 5.41) is 3.34. The minimum absolute atomic E-state index is 0.105. The Morgan fingerprint density at radius 3 is 2.50 bits per heavy atom. The second kappa shape index (κ2) is 5.67. The highest BCUT2D eigenvalue weighted by molar-refractivity contribution is 5.80. The van der Waals surface area contributed by atoms with Crippen LogP contribution >= 0.6 is 0 Å². The molecular weight excluding hydrogens is 248 g/mol. The fraction of sp³-hybridized carbons (Fsp3) is 0.941. The highest BCUT2D eigenvalue weighted by Crippen LogP contribution is 2.47. The van der Waals surface area contributed by atoms with E-state index in [-0.39, 0.29) is 17.9 Å². The number of rotatable bonds is 3. The molecular formula is C17H30N2O. The first-order valence-electron chi connectivity index (χ1n) is 8.62. The lowest BCUT2D eigenvalue weighted by molar-refractivity contribution is -0.128. The van der Waals surface area contributed by atoms with Gasteiger partial charge >= 0.3 is 0 Å². The summed E-state index contributed by atoms with van der Waals surface area (Å²) in [6, 6.07) is 0.521. The zero-order chi connectivity index (χ0) is 14.3. The lowest BCUT2D eigenvalue weighted by Crippen LogP contribution is -2.49. The van der Waals surface area contributed by atoms with Gasteiger partial charge in [0.05, 0.1) is 5.92 Å². The van der Waals surface area contributed by atoms with Gasteiger partial charge in [-0.25, -0.2) is 0 Å². The van der Waals surface area contributed by atoms with Crippen molar-refractivity contribution in [2.24, 2.45) is 35.3 Å². The molecule has 0 aromatic heterocycles. The van der Waals surface area contributed by atoms with Gasteiger partial charge in [-0.05, 0) is 55.8 Å². The van der Waals surface area contributed by atoms with E-state index in [1.807, 2.05) is 0 Å². The van der Waals surface area contributed by atoms with Crippen LogP contribution in [-0.4, -0.2) is 18.0 Å². The number of carbonyl (C=O) groups excluding carboxylic acids is 1. The number of hydrogen-bond acceptors (Lipinski definition) is 2. The van der Waals surface area contributed by atoms with Crippen molar-refractivity contribution in [1.82, 2.24) is 5.32 Å². The number of carbonyl (C=O) groups is 1. The van der Waals surface area contributed by atoms with Crippen molar-refractivity contribution in [2.75, 3.05) is 0 Å². The lowest BCUT2D eigenvalue weighted by Gasteiger charge is -2.34. The Kier molecular flexibility index (Phi) is 4.07. The van der Waals surface area contributed by atoms with Gasteiger partial charge in [-0.1, -0.05) is 26.7 Å². The van der Waals surface area contributed by atoms with Crippen molar-refractivity contribution in [3.05, 3.63) is 0 Å². The topological polar surface area (TPSA) is 55.1 Å². The monoisotopic (exact) mass is 278 g/mol. The Hall–Kier alpha value is -0.570. The van der Waals surface area contributed by atoms with E-state index in [0.717, 1.165) is 18.3 Å². The highest BCUT2D eigenvalue weighted by Gasteiger charge is 2.49. The Morgan fingerprint density at radius 1 is 1.10 bits per heavy atom. The van der Waals surface area contributed by atoms with E-state index in [1.165, 1.54) is 38.5 Å². The molecule has 3 fully saturated rings. The van der Waals surface area contributed by atoms with E-state index in [1.54, 1.807) is 0 Å². The molecule has 2 bridgehead atoms. The van der Waals surface area contributed by atoms with Crippen LogP contribution < -0.4 is 11.1 Å². The molecule has 0 spiro atoms. The predicted molar refractivity (Wildman–Crippen MR) is 81.0 cm³/mol. The molecule has 0 aromatic rings. The SMILES string of the molecule is CC(C)C1CCCC(NC(=O)C2C3CCC(C3)C2N)C1. The molecule has 3 aliphatic carbocycles. The van der Waals surface area contributed by atoms with E-state index >= 15 is 0 Å².